The summed E-state index contributed by atoms with van der Waals surface area (Å²) in [6, 6.07) is 0. The molecular weight excluding hydrogens is 128 g/mol. The summed E-state index contributed by atoms with van der Waals surface area (Å²) in [7, 11) is 0. The van der Waals surface area contributed by atoms with Crippen molar-refractivity contribution < 1.29 is 4.79 Å². The minimum absolute atomic E-state index is 0.354. The Morgan fingerprint density at radius 1 is 1.80 bits per heavy atom. The highest BCUT2D eigenvalue weighted by Gasteiger charge is 2.05. The predicted molar refractivity (Wildman–Crippen MR) is 39.1 cm³/mol. The molecule has 1 radical (unpaired) electrons. The first-order chi connectivity index (χ1) is 4.79. The normalized spacial score (nSPS) is 18.2. The fraction of sp³-hybridized carbons (Fsp3) is 0.429. The molecule has 3 nitrogen and oxygen atoms in total. The van der Waals surface area contributed by atoms with E-state index >= 15 is 0 Å². The van der Waals surface area contributed by atoms with E-state index in [1.807, 2.05) is 6.08 Å². The van der Waals surface area contributed by atoms with Gasteiger partial charge in [-0.2, -0.15) is 0 Å². The van der Waals surface area contributed by atoms with Crippen LogP contribution in [0.25, 0.3) is 0 Å². The van der Waals surface area contributed by atoms with Gasteiger partial charge in [0.2, 0.25) is 5.91 Å². The van der Waals surface area contributed by atoms with Gasteiger partial charge in [-0.1, -0.05) is 11.6 Å². The van der Waals surface area contributed by atoms with Crippen LogP contribution in [0.4, 0.5) is 0 Å². The van der Waals surface area contributed by atoms with Gasteiger partial charge in [0.15, 0.2) is 0 Å². The van der Waals surface area contributed by atoms with Gasteiger partial charge in [0, 0.05) is 6.54 Å². The zero-order valence-corrected chi connectivity index (χ0v) is 5.76. The van der Waals surface area contributed by atoms with Crippen LogP contribution in [0.15, 0.2) is 11.6 Å². The SMILES string of the molecule is NC(=O)[CH]C1=CCNCC1. The zero-order chi connectivity index (χ0) is 7.40. The van der Waals surface area contributed by atoms with Crippen LogP contribution >= 0.6 is 0 Å². The zero-order valence-electron chi connectivity index (χ0n) is 5.76. The molecule has 0 saturated heterocycles. The van der Waals surface area contributed by atoms with Crippen molar-refractivity contribution in [3.63, 3.8) is 0 Å². The van der Waals surface area contributed by atoms with Gasteiger partial charge >= 0.3 is 0 Å². The van der Waals surface area contributed by atoms with Gasteiger partial charge in [-0.25, -0.2) is 0 Å². The molecule has 10 heavy (non-hydrogen) atoms. The van der Waals surface area contributed by atoms with E-state index in [1.54, 1.807) is 0 Å². The van der Waals surface area contributed by atoms with Crippen molar-refractivity contribution in [2.75, 3.05) is 13.1 Å². The van der Waals surface area contributed by atoms with Crippen molar-refractivity contribution in [1.82, 2.24) is 5.32 Å². The molecule has 0 bridgehead atoms. The molecule has 3 heteroatoms. The van der Waals surface area contributed by atoms with Crippen LogP contribution < -0.4 is 11.1 Å². The maximum Gasteiger partial charge on any atom is 0.225 e. The van der Waals surface area contributed by atoms with E-state index in [4.69, 9.17) is 5.73 Å². The third-order valence-corrected chi connectivity index (χ3v) is 1.43. The third-order valence-electron chi connectivity index (χ3n) is 1.43. The van der Waals surface area contributed by atoms with Crippen LogP contribution in [0, 0.1) is 6.42 Å². The lowest BCUT2D eigenvalue weighted by molar-refractivity contribution is -0.114. The molecule has 0 unspecified atom stereocenters. The number of hydrogen-bond acceptors (Lipinski definition) is 2. The van der Waals surface area contributed by atoms with E-state index in [0.717, 1.165) is 25.1 Å². The van der Waals surface area contributed by atoms with E-state index in [9.17, 15) is 4.79 Å². The Morgan fingerprint density at radius 3 is 3.10 bits per heavy atom. The second-order valence-corrected chi connectivity index (χ2v) is 2.28. The smallest absolute Gasteiger partial charge is 0.225 e. The number of carbonyl (C=O) groups is 1. The number of nitrogens with two attached hydrogens (primary N) is 1. The quantitative estimate of drug-likeness (QED) is 0.546. The topological polar surface area (TPSA) is 55.1 Å². The summed E-state index contributed by atoms with van der Waals surface area (Å²) in [6.45, 7) is 1.79. The van der Waals surface area contributed by atoms with Gasteiger partial charge in [0.05, 0.1) is 6.42 Å². The summed E-state index contributed by atoms with van der Waals surface area (Å²) in [4.78, 5) is 10.4. The van der Waals surface area contributed by atoms with Crippen molar-refractivity contribution in [1.29, 1.82) is 0 Å². The molecule has 0 atom stereocenters. The lowest BCUT2D eigenvalue weighted by atomic mass is 10.1. The Morgan fingerprint density at radius 2 is 2.60 bits per heavy atom. The molecule has 0 aromatic carbocycles. The first-order valence-corrected chi connectivity index (χ1v) is 3.33. The van der Waals surface area contributed by atoms with Crippen molar-refractivity contribution in [3.8, 4) is 0 Å². The highest BCUT2D eigenvalue weighted by molar-refractivity contribution is 5.86. The minimum Gasteiger partial charge on any atom is -0.369 e. The lowest BCUT2D eigenvalue weighted by Crippen LogP contribution is -2.23. The molecule has 0 aromatic rings. The number of primary amides is 1. The molecule has 0 aliphatic carbocycles. The minimum atomic E-state index is -0.354. The fourth-order valence-corrected chi connectivity index (χ4v) is 0.954. The van der Waals surface area contributed by atoms with Crippen molar-refractivity contribution in [2.24, 2.45) is 5.73 Å². The second-order valence-electron chi connectivity index (χ2n) is 2.28. The molecule has 0 saturated carbocycles. The third kappa shape index (κ3) is 2.19. The lowest BCUT2D eigenvalue weighted by Gasteiger charge is -2.11. The van der Waals surface area contributed by atoms with Crippen molar-refractivity contribution in [3.05, 3.63) is 18.1 Å². The maximum atomic E-state index is 10.4. The summed E-state index contributed by atoms with van der Waals surface area (Å²) in [5.41, 5.74) is 6.02. The summed E-state index contributed by atoms with van der Waals surface area (Å²) in [5.74, 6) is -0.354. The van der Waals surface area contributed by atoms with E-state index in [0.29, 0.717) is 0 Å². The molecule has 1 heterocycles. The van der Waals surface area contributed by atoms with Crippen molar-refractivity contribution >= 4 is 5.91 Å². The van der Waals surface area contributed by atoms with Gasteiger partial charge in [-0.3, -0.25) is 4.79 Å². The first kappa shape index (κ1) is 7.28. The van der Waals surface area contributed by atoms with Crippen LogP contribution in [0.5, 0.6) is 0 Å². The van der Waals surface area contributed by atoms with E-state index in [-0.39, 0.29) is 5.91 Å². The number of hydrogen-bond donors (Lipinski definition) is 2. The average molecular weight is 139 g/mol. The van der Waals surface area contributed by atoms with E-state index in [2.05, 4.69) is 5.32 Å². The van der Waals surface area contributed by atoms with Gasteiger partial charge in [-0.05, 0) is 13.0 Å². The Balaban J connectivity index is 2.38. The molecule has 0 aromatic heterocycles. The molecule has 3 N–H and O–H groups in total. The first-order valence-electron chi connectivity index (χ1n) is 3.33. The molecule has 0 spiro atoms. The number of nitrogens with one attached hydrogen (secondary N) is 1. The monoisotopic (exact) mass is 139 g/mol. The second kappa shape index (κ2) is 3.37. The van der Waals surface area contributed by atoms with Gasteiger partial charge in [-0.15, -0.1) is 0 Å². The highest BCUT2D eigenvalue weighted by Crippen LogP contribution is 2.06. The Labute approximate surface area is 60.3 Å². The van der Waals surface area contributed by atoms with Crippen molar-refractivity contribution in [2.45, 2.75) is 6.42 Å². The van der Waals surface area contributed by atoms with E-state index < -0.39 is 0 Å². The molecule has 1 rings (SSSR count). The summed E-state index contributed by atoms with van der Waals surface area (Å²) >= 11 is 0. The standard InChI is InChI=1S/C7H11N2O/c8-7(10)5-6-1-3-9-4-2-6/h1,5,9H,2-4H2,(H2,8,10). The highest BCUT2D eigenvalue weighted by atomic mass is 16.1. The predicted octanol–water partition coefficient (Wildman–Crippen LogP) is -0.404. The summed E-state index contributed by atoms with van der Waals surface area (Å²) in [6.07, 6.45) is 4.37. The Kier molecular flexibility index (Phi) is 2.45. The number of carbonyl (C=O) groups excluding carboxylic acids is 1. The van der Waals surface area contributed by atoms with Crippen LogP contribution in [-0.4, -0.2) is 19.0 Å². The fourth-order valence-electron chi connectivity index (χ4n) is 0.954. The molecule has 0 fully saturated rings. The van der Waals surface area contributed by atoms with Gasteiger partial charge in [0.25, 0.3) is 0 Å². The maximum absolute atomic E-state index is 10.4. The summed E-state index contributed by atoms with van der Waals surface area (Å²) < 4.78 is 0. The molecule has 55 valence electrons. The number of rotatable bonds is 2. The molecule has 1 aliphatic heterocycles. The Bertz CT molecular complexity index is 163. The Hall–Kier alpha value is -0.830. The molecular formula is C7H11N2O. The van der Waals surface area contributed by atoms with Crippen LogP contribution in [0.2, 0.25) is 0 Å². The van der Waals surface area contributed by atoms with Gasteiger partial charge < -0.3 is 11.1 Å². The van der Waals surface area contributed by atoms with Crippen LogP contribution in [-0.2, 0) is 4.79 Å². The number of amides is 1. The van der Waals surface area contributed by atoms with Crippen LogP contribution in [0.3, 0.4) is 0 Å². The average Bonchev–Trinajstić information content (AvgIpc) is 1.88. The van der Waals surface area contributed by atoms with Gasteiger partial charge in [0.1, 0.15) is 0 Å². The molecule has 1 aliphatic rings. The largest absolute Gasteiger partial charge is 0.369 e. The van der Waals surface area contributed by atoms with Crippen LogP contribution in [0.1, 0.15) is 6.42 Å². The van der Waals surface area contributed by atoms with E-state index in [1.165, 1.54) is 6.42 Å². The molecule has 1 amide bonds. The summed E-state index contributed by atoms with van der Waals surface area (Å²) in [5, 5.41) is 3.14.